The Morgan fingerprint density at radius 2 is 1.44 bits per heavy atom. The summed E-state index contributed by atoms with van der Waals surface area (Å²) in [7, 11) is -12.4. The van der Waals surface area contributed by atoms with E-state index in [1.165, 1.54) is 24.5 Å². The molecule has 1 unspecified atom stereocenters. The van der Waals surface area contributed by atoms with Crippen LogP contribution in [0.15, 0.2) is 75.9 Å². The number of hydrogen-bond donors (Lipinski definition) is 0. The topological polar surface area (TPSA) is 292 Å². The number of carbonyl (C=O) groups is 3. The summed E-state index contributed by atoms with van der Waals surface area (Å²) in [5, 5.41) is 1.17. The number of carbonyl (C=O) groups excluding carboxylic acids is 3. The number of hydrogen-bond acceptors (Lipinski definition) is 19. The molecule has 70 heavy (non-hydrogen) atoms. The number of methoxy groups -OCH3 is 1. The zero-order chi connectivity index (χ0) is 51.0. The van der Waals surface area contributed by atoms with Crippen LogP contribution >= 0.6 is 0 Å². The first-order valence-electron chi connectivity index (χ1n) is 22.7. The third-order valence-corrected chi connectivity index (χ3v) is 14.1. The molecule has 24 heteroatoms. The molecule has 0 saturated carbocycles. The molecule has 4 aliphatic rings. The first kappa shape index (κ1) is 56.0. The van der Waals surface area contributed by atoms with E-state index in [0.717, 1.165) is 0 Å². The monoisotopic (exact) mass is 1040 g/mol. The van der Waals surface area contributed by atoms with Crippen molar-refractivity contribution in [3.63, 3.8) is 0 Å². The van der Waals surface area contributed by atoms with Gasteiger partial charge in [-0.3, -0.25) is 9.59 Å². The Hall–Kier alpha value is -4.89. The molecule has 5 rings (SSSR count). The maximum Gasteiger partial charge on any atom is 0.333 e. The van der Waals surface area contributed by atoms with Crippen LogP contribution in [-0.2, 0) is 73.9 Å². The largest absolute Gasteiger partial charge is 0.748 e. The maximum absolute atomic E-state index is 12.4. The van der Waals surface area contributed by atoms with Gasteiger partial charge in [0.1, 0.15) is 29.0 Å². The van der Waals surface area contributed by atoms with Gasteiger partial charge in [-0.05, 0) is 80.1 Å². The molecule has 0 spiro atoms. The van der Waals surface area contributed by atoms with E-state index in [1.54, 1.807) is 38.3 Å². The zero-order valence-corrected chi connectivity index (χ0v) is 41.6. The van der Waals surface area contributed by atoms with Crippen molar-refractivity contribution in [2.45, 2.75) is 75.0 Å². The Bertz CT molecular complexity index is 2720. The van der Waals surface area contributed by atoms with Crippen LogP contribution in [0, 0.1) is 0 Å². The van der Waals surface area contributed by atoms with Gasteiger partial charge in [-0.2, -0.15) is 0 Å². The van der Waals surface area contributed by atoms with Crippen LogP contribution in [0.25, 0.3) is 17.4 Å². The number of anilines is 1. The average molecular weight is 1040 g/mol. The van der Waals surface area contributed by atoms with Crippen LogP contribution in [0.5, 0.6) is 0 Å². The standard InChI is InChI=1S/C46H61N3O18S3/c1-46(19-7-31-68(53,54)55)39-34-37(70(59,60)61)13-15-40(39)48(21-5-3-4-11-45(52)67-49-43(50)16-17-44(49)51)42(46)10-6-9-35-18-23-66-41-33-36(12-14-38(35)41)47(20-8-32-69(56,57)58)22-24-63-27-28-65-30-29-64-26-25-62-2/h6,9-10,12-15,18,23,33-34H,3-5,7-8,11,16-17,19-22,24-32H2,1-2H3,(H2-,53,54,55,56,57,58,59,60,61)/p-2. The van der Waals surface area contributed by atoms with Gasteiger partial charge < -0.3 is 46.8 Å². The third-order valence-electron chi connectivity index (χ3n) is 11.6. The van der Waals surface area contributed by atoms with E-state index in [1.807, 2.05) is 27.7 Å². The smallest absolute Gasteiger partial charge is 0.333 e. The molecule has 3 heterocycles. The first-order chi connectivity index (χ1) is 33.2. The Labute approximate surface area is 408 Å². The Balaban J connectivity index is 1.39. The number of amides is 2. The van der Waals surface area contributed by atoms with Crippen LogP contribution in [0.4, 0.5) is 5.69 Å². The van der Waals surface area contributed by atoms with Gasteiger partial charge in [0.05, 0.1) is 77.1 Å². The second-order valence-corrected chi connectivity index (χ2v) is 21.2. The van der Waals surface area contributed by atoms with Crippen molar-refractivity contribution in [3.8, 4) is 11.3 Å². The van der Waals surface area contributed by atoms with Crippen LogP contribution in [0.1, 0.15) is 75.8 Å². The number of rotatable bonds is 30. The van der Waals surface area contributed by atoms with E-state index in [-0.39, 0.29) is 51.7 Å². The van der Waals surface area contributed by atoms with Gasteiger partial charge in [0.15, 0.2) is 6.54 Å². The van der Waals surface area contributed by atoms with Crippen molar-refractivity contribution in [3.05, 3.63) is 83.1 Å². The molecular formula is C46H59N3O18S3-2. The summed E-state index contributed by atoms with van der Waals surface area (Å²) in [6.45, 7) is 5.35. The predicted molar refractivity (Wildman–Crippen MR) is 250 cm³/mol. The van der Waals surface area contributed by atoms with E-state index in [9.17, 15) is 53.3 Å². The van der Waals surface area contributed by atoms with Gasteiger partial charge in [0, 0.05) is 79.3 Å². The predicted octanol–water partition coefficient (Wildman–Crippen LogP) is 2.86. The van der Waals surface area contributed by atoms with Crippen molar-refractivity contribution in [2.75, 3.05) is 89.4 Å². The second-order valence-electron chi connectivity index (χ2n) is 16.7. The van der Waals surface area contributed by atoms with Crippen molar-refractivity contribution >= 4 is 59.9 Å². The number of allylic oxidation sites excluding steroid dienone is 3. The molecule has 3 aliphatic heterocycles. The minimum absolute atomic E-state index is 0.0344. The molecule has 0 bridgehead atoms. The fourth-order valence-electron chi connectivity index (χ4n) is 8.18. The summed E-state index contributed by atoms with van der Waals surface area (Å²) in [6.07, 6.45) is 8.06. The molecule has 0 aromatic heterocycles. The van der Waals surface area contributed by atoms with E-state index in [0.29, 0.717) is 116 Å². The minimum atomic E-state index is -4.91. The van der Waals surface area contributed by atoms with E-state index < -0.39 is 70.0 Å². The average Bonchev–Trinajstić information content (AvgIpc) is 3.72. The summed E-state index contributed by atoms with van der Waals surface area (Å²) in [4.78, 5) is 42.6. The molecule has 1 saturated heterocycles. The Morgan fingerprint density at radius 1 is 0.786 bits per heavy atom. The fourth-order valence-corrected chi connectivity index (χ4v) is 9.66. The number of ether oxygens (including phenoxy) is 4. The summed E-state index contributed by atoms with van der Waals surface area (Å²) >= 11 is 0. The summed E-state index contributed by atoms with van der Waals surface area (Å²) in [5.74, 6) is -2.67. The molecule has 0 N–H and O–H groups in total. The normalized spacial score (nSPS) is 17.6. The Kier molecular flexibility index (Phi) is 20.8. The van der Waals surface area contributed by atoms with Gasteiger partial charge in [-0.1, -0.05) is 18.6 Å². The number of hydroxylamine groups is 2. The molecule has 386 valence electrons. The number of nitrogens with zero attached hydrogens (tertiary/aromatic N) is 3. The lowest BCUT2D eigenvalue weighted by Gasteiger charge is -2.31. The number of imide groups is 1. The van der Waals surface area contributed by atoms with Crippen LogP contribution in [0.2, 0.25) is 0 Å². The molecule has 1 atom stereocenters. The summed E-state index contributed by atoms with van der Waals surface area (Å²) in [5.41, 5.74) is 1.90. The van der Waals surface area contributed by atoms with Crippen molar-refractivity contribution in [1.29, 1.82) is 0 Å². The molecular weight excluding hydrogens is 979 g/mol. The van der Waals surface area contributed by atoms with Crippen LogP contribution in [-0.4, -0.2) is 146 Å². The molecule has 21 nitrogen and oxygen atoms in total. The lowest BCUT2D eigenvalue weighted by Crippen LogP contribution is -2.35. The summed E-state index contributed by atoms with van der Waals surface area (Å²) < 4.78 is 136. The molecule has 1 aromatic rings. The zero-order valence-electron chi connectivity index (χ0n) is 39.1. The van der Waals surface area contributed by atoms with Crippen molar-refractivity contribution in [1.82, 2.24) is 9.64 Å². The van der Waals surface area contributed by atoms with E-state index >= 15 is 0 Å². The van der Waals surface area contributed by atoms with Gasteiger partial charge in [-0.25, -0.2) is 34.6 Å². The third kappa shape index (κ3) is 16.9. The van der Waals surface area contributed by atoms with Gasteiger partial charge in [0.2, 0.25) is 5.36 Å². The van der Waals surface area contributed by atoms with E-state index in [4.69, 9.17) is 28.2 Å². The second kappa shape index (κ2) is 26.0. The highest BCUT2D eigenvalue weighted by Crippen LogP contribution is 2.51. The Morgan fingerprint density at radius 3 is 2.10 bits per heavy atom. The van der Waals surface area contributed by atoms with Gasteiger partial charge in [-0.15, -0.1) is 5.06 Å². The SMILES string of the molecule is COCCOCCOCCOCC[N+](CCCS(=O)(=O)[O-])=c1ccc2c(/C=C/C=C3/N(CCCCCC(=O)ON4C(=O)CCC4=O)c4ccc(S(=O)(=O)[O-])cc4C3(C)CCCS(=O)(=O)[O-])ccoc-2c1. The lowest BCUT2D eigenvalue weighted by molar-refractivity contribution is -0.197. The quantitative estimate of drug-likeness (QED) is 0.0401. The van der Waals surface area contributed by atoms with Gasteiger partial charge >= 0.3 is 5.97 Å². The molecule has 0 radical (unpaired) electrons. The first-order valence-corrected chi connectivity index (χ1v) is 27.3. The van der Waals surface area contributed by atoms with Crippen LogP contribution in [0.3, 0.4) is 0 Å². The van der Waals surface area contributed by atoms with E-state index in [2.05, 4.69) is 0 Å². The van der Waals surface area contributed by atoms with Crippen molar-refractivity contribution < 1.29 is 81.5 Å². The number of fused-ring (bicyclic) bond motifs is 2. The number of benzene rings is 2. The molecule has 1 aromatic carbocycles. The fraction of sp³-hybridized carbons (Fsp3) is 0.522. The molecule has 1 aliphatic carbocycles. The summed E-state index contributed by atoms with van der Waals surface area (Å²) in [6, 6.07) is 11.2. The highest BCUT2D eigenvalue weighted by molar-refractivity contribution is 7.86. The number of unbranched alkanes of at least 4 members (excludes halogenated alkanes) is 2. The van der Waals surface area contributed by atoms with Gasteiger partial charge in [0.25, 0.3) is 11.8 Å². The molecule has 1 fully saturated rings. The lowest BCUT2D eigenvalue weighted by atomic mass is 9.77. The minimum Gasteiger partial charge on any atom is -0.748 e. The van der Waals surface area contributed by atoms with Crippen LogP contribution < -0.4 is 14.8 Å². The highest BCUT2D eigenvalue weighted by atomic mass is 32.2. The molecule has 2 amide bonds. The highest BCUT2D eigenvalue weighted by Gasteiger charge is 2.43. The van der Waals surface area contributed by atoms with Crippen molar-refractivity contribution in [2.24, 2.45) is 0 Å². The maximum atomic E-state index is 12.4.